The van der Waals surface area contributed by atoms with Crippen LogP contribution >= 0.6 is 11.3 Å². The lowest BCUT2D eigenvalue weighted by atomic mass is 9.55. The summed E-state index contributed by atoms with van der Waals surface area (Å²) in [5.41, 5.74) is 12.9. The van der Waals surface area contributed by atoms with Gasteiger partial charge < -0.3 is 4.90 Å². The highest BCUT2D eigenvalue weighted by Crippen LogP contribution is 2.62. The average Bonchev–Trinajstić information content (AvgIpc) is 3.77. The third-order valence-corrected chi connectivity index (χ3v) is 13.3. The molecular weight excluding hydrogens is 685 g/mol. The van der Waals surface area contributed by atoms with E-state index in [2.05, 4.69) is 199 Å². The van der Waals surface area contributed by atoms with E-state index in [0.717, 1.165) is 24.2 Å². The minimum absolute atomic E-state index is 0.409. The molecule has 1 aromatic heterocycles. The number of nitrogens with one attached hydrogen (secondary N) is 1. The molecule has 0 amide bonds. The number of anilines is 1. The Kier molecular flexibility index (Phi) is 8.17. The molecule has 10 rings (SSSR count). The Morgan fingerprint density at radius 3 is 2.04 bits per heavy atom. The summed E-state index contributed by atoms with van der Waals surface area (Å²) >= 11 is 1.89. The summed E-state index contributed by atoms with van der Waals surface area (Å²) in [7, 11) is 0. The van der Waals surface area contributed by atoms with E-state index >= 15 is 0 Å². The Labute approximate surface area is 327 Å². The lowest BCUT2D eigenvalue weighted by molar-refractivity contribution is 0.291. The van der Waals surface area contributed by atoms with E-state index < -0.39 is 10.8 Å². The van der Waals surface area contributed by atoms with Crippen LogP contribution in [0.25, 0.3) is 48.0 Å². The van der Waals surface area contributed by atoms with Crippen LogP contribution in [0.4, 0.5) is 5.69 Å². The monoisotopic (exact) mass is 726 g/mol. The maximum Gasteiger partial charge on any atom is 0.0685 e. The molecule has 0 saturated carbocycles. The second-order valence-corrected chi connectivity index (χ2v) is 16.3. The maximum atomic E-state index is 4.75. The molecule has 1 aliphatic heterocycles. The predicted octanol–water partition coefficient (Wildman–Crippen LogP) is 12.9. The first-order valence-electron chi connectivity index (χ1n) is 19.2. The number of nitrogens with zero attached hydrogens (tertiary/aromatic N) is 1. The summed E-state index contributed by atoms with van der Waals surface area (Å²) in [6.45, 7) is 9.42. The van der Waals surface area contributed by atoms with Crippen LogP contribution in [0.15, 0.2) is 189 Å². The Bertz CT molecular complexity index is 2710. The minimum Gasteiger partial charge on any atom is -0.357 e. The smallest absolute Gasteiger partial charge is 0.0685 e. The molecule has 7 aromatic carbocycles. The minimum atomic E-state index is -0.465. The summed E-state index contributed by atoms with van der Waals surface area (Å²) in [5, 5.41) is 6.51. The Morgan fingerprint density at radius 2 is 1.27 bits per heavy atom. The predicted molar refractivity (Wildman–Crippen MR) is 235 cm³/mol. The second kappa shape index (κ2) is 13.4. The summed E-state index contributed by atoms with van der Waals surface area (Å²) in [4.78, 5) is 2.59. The molecule has 2 heterocycles. The van der Waals surface area contributed by atoms with Crippen molar-refractivity contribution in [2.45, 2.75) is 18.9 Å². The topological polar surface area (TPSA) is 15.3 Å². The van der Waals surface area contributed by atoms with Gasteiger partial charge in [0.25, 0.3) is 0 Å². The Balaban J connectivity index is 1.17. The molecule has 0 radical (unpaired) electrons. The van der Waals surface area contributed by atoms with E-state index in [1.54, 1.807) is 0 Å². The highest BCUT2D eigenvalue weighted by atomic mass is 32.1. The molecule has 2 nitrogen and oxygen atoms in total. The molecule has 0 bridgehead atoms. The molecule has 8 aromatic rings. The number of benzene rings is 7. The zero-order chi connectivity index (χ0) is 37.0. The third-order valence-electron chi connectivity index (χ3n) is 12.1. The van der Waals surface area contributed by atoms with Gasteiger partial charge in [0.15, 0.2) is 0 Å². The molecule has 0 saturated heterocycles. The normalized spacial score (nSPS) is 17.7. The van der Waals surface area contributed by atoms with Gasteiger partial charge in [-0.3, -0.25) is 5.32 Å². The van der Waals surface area contributed by atoms with Gasteiger partial charge in [0, 0.05) is 49.9 Å². The fourth-order valence-corrected chi connectivity index (χ4v) is 10.8. The molecule has 3 heteroatoms. The van der Waals surface area contributed by atoms with Crippen molar-refractivity contribution in [1.29, 1.82) is 0 Å². The number of hydrogen-bond donors (Lipinski definition) is 1. The molecule has 1 aliphatic carbocycles. The Hall–Kier alpha value is -6.00. The quantitative estimate of drug-likeness (QED) is 0.176. The second-order valence-electron chi connectivity index (χ2n) is 15.3. The highest BCUT2D eigenvalue weighted by molar-refractivity contribution is 7.26. The zero-order valence-corrected chi connectivity index (χ0v) is 31.8. The first kappa shape index (κ1) is 33.6. The van der Waals surface area contributed by atoms with Crippen LogP contribution in [0.1, 0.15) is 34.7 Å². The number of fused-ring (bicyclic) bond motifs is 7. The largest absolute Gasteiger partial charge is 0.357 e. The van der Waals surface area contributed by atoms with Crippen molar-refractivity contribution in [3.63, 3.8) is 0 Å². The van der Waals surface area contributed by atoms with Crippen molar-refractivity contribution in [3.8, 4) is 22.3 Å². The van der Waals surface area contributed by atoms with Crippen molar-refractivity contribution in [2.24, 2.45) is 5.41 Å². The zero-order valence-electron chi connectivity index (χ0n) is 31.0. The summed E-state index contributed by atoms with van der Waals surface area (Å²) in [6.07, 6.45) is 4.77. The van der Waals surface area contributed by atoms with Gasteiger partial charge >= 0.3 is 0 Å². The Morgan fingerprint density at radius 1 is 0.636 bits per heavy atom. The van der Waals surface area contributed by atoms with Gasteiger partial charge in [0.05, 0.1) is 12.1 Å². The number of thiophene rings is 1. The van der Waals surface area contributed by atoms with Crippen LogP contribution in [-0.2, 0) is 12.0 Å². The van der Waals surface area contributed by atoms with Crippen LogP contribution in [0, 0.1) is 5.41 Å². The van der Waals surface area contributed by atoms with E-state index in [4.69, 9.17) is 6.58 Å². The maximum absolute atomic E-state index is 4.75. The van der Waals surface area contributed by atoms with Crippen LogP contribution < -0.4 is 10.2 Å². The standard InChI is InChI=1S/C52H42N2S/c1-36-30-31-51(2,52(39-18-7-4-8-19-39)46-25-12-9-20-42(46)43-21-10-13-26-47(43)52)34-54(35-53-33-37-16-5-3-6-17-37)48-32-38(28-29-40(36)48)41-23-15-24-45-44-22-11-14-27-49(44)55-50(41)45/h3-32,53H,1,33-35H2,2H3/b31-30-. The summed E-state index contributed by atoms with van der Waals surface area (Å²) in [6, 6.07) is 62.6. The van der Waals surface area contributed by atoms with Gasteiger partial charge in [-0.15, -0.1) is 11.3 Å². The highest BCUT2D eigenvalue weighted by Gasteiger charge is 2.56. The molecule has 0 spiro atoms. The van der Waals surface area contributed by atoms with E-state index in [-0.39, 0.29) is 0 Å². The molecule has 1 unspecified atom stereocenters. The molecule has 1 atom stereocenters. The van der Waals surface area contributed by atoms with Crippen molar-refractivity contribution >= 4 is 42.8 Å². The fraction of sp³-hybridized carbons (Fsp3) is 0.115. The van der Waals surface area contributed by atoms with Crippen molar-refractivity contribution in [2.75, 3.05) is 18.1 Å². The van der Waals surface area contributed by atoms with Crippen LogP contribution in [0.2, 0.25) is 0 Å². The van der Waals surface area contributed by atoms with Crippen molar-refractivity contribution < 1.29 is 0 Å². The van der Waals surface area contributed by atoms with E-state index in [0.29, 0.717) is 6.67 Å². The number of hydrogen-bond acceptors (Lipinski definition) is 3. The van der Waals surface area contributed by atoms with E-state index in [1.165, 1.54) is 70.4 Å². The van der Waals surface area contributed by atoms with Gasteiger partial charge in [0.2, 0.25) is 0 Å². The number of rotatable bonds is 7. The van der Waals surface area contributed by atoms with E-state index in [9.17, 15) is 0 Å². The third kappa shape index (κ3) is 5.33. The van der Waals surface area contributed by atoms with Gasteiger partial charge in [-0.05, 0) is 62.2 Å². The van der Waals surface area contributed by atoms with Gasteiger partial charge in [-0.1, -0.05) is 183 Å². The van der Waals surface area contributed by atoms with Crippen molar-refractivity contribution in [3.05, 3.63) is 216 Å². The molecule has 0 fully saturated rings. The first-order chi connectivity index (χ1) is 27.0. The molecule has 266 valence electrons. The molecule has 2 aliphatic rings. The molecular formula is C52H42N2S. The fourth-order valence-electron chi connectivity index (χ4n) is 9.61. The van der Waals surface area contributed by atoms with E-state index in [1.807, 2.05) is 11.3 Å². The van der Waals surface area contributed by atoms with Gasteiger partial charge in [-0.2, -0.15) is 0 Å². The van der Waals surface area contributed by atoms with Crippen LogP contribution in [0.3, 0.4) is 0 Å². The summed E-state index contributed by atoms with van der Waals surface area (Å²) < 4.78 is 2.65. The summed E-state index contributed by atoms with van der Waals surface area (Å²) in [5.74, 6) is 0. The number of allylic oxidation sites excluding steroid dienone is 2. The molecule has 55 heavy (non-hydrogen) atoms. The lowest BCUT2D eigenvalue weighted by Gasteiger charge is -2.50. The lowest BCUT2D eigenvalue weighted by Crippen LogP contribution is -2.52. The van der Waals surface area contributed by atoms with Crippen molar-refractivity contribution in [1.82, 2.24) is 5.32 Å². The van der Waals surface area contributed by atoms with Crippen LogP contribution in [0.5, 0.6) is 0 Å². The van der Waals surface area contributed by atoms with Gasteiger partial charge in [-0.25, -0.2) is 0 Å². The molecule has 1 N–H and O–H groups in total. The van der Waals surface area contributed by atoms with Gasteiger partial charge in [0.1, 0.15) is 0 Å². The SMILES string of the molecule is C=C1/C=C\C(C)(C2(c3ccccc3)c3ccccc3-c3ccccc32)CN(CNCc2ccccc2)c2cc(-c3cccc4c3sc3ccccc34)ccc21. The van der Waals surface area contributed by atoms with Crippen LogP contribution in [-0.4, -0.2) is 13.2 Å². The average molecular weight is 727 g/mol. The first-order valence-corrected chi connectivity index (χ1v) is 20.0.